The molecule has 8 heteroatoms. The van der Waals surface area contributed by atoms with E-state index in [1.165, 1.54) is 10.5 Å². The van der Waals surface area contributed by atoms with Crippen molar-refractivity contribution in [2.24, 2.45) is 5.73 Å². The summed E-state index contributed by atoms with van der Waals surface area (Å²) >= 11 is 1.54. The van der Waals surface area contributed by atoms with Crippen molar-refractivity contribution in [1.29, 1.82) is 0 Å². The average molecular weight is 428 g/mol. The Kier molecular flexibility index (Phi) is 4.53. The molecule has 2 aliphatic rings. The first-order valence-electron chi connectivity index (χ1n) is 10.1. The number of thiophene rings is 1. The molecule has 4 N–H and O–H groups in total. The van der Waals surface area contributed by atoms with Crippen LogP contribution in [0.25, 0.3) is 16.0 Å². The lowest BCUT2D eigenvalue weighted by molar-refractivity contribution is 0.0694. The zero-order valence-corrected chi connectivity index (χ0v) is 17.3. The van der Waals surface area contributed by atoms with Crippen LogP contribution in [0.1, 0.15) is 56.7 Å². The Labute approximate surface area is 176 Å². The first-order valence-corrected chi connectivity index (χ1v) is 10.9. The number of nitrogens with two attached hydrogens (primary N) is 1. The van der Waals surface area contributed by atoms with Gasteiger partial charge in [0.15, 0.2) is 0 Å². The molecule has 1 fully saturated rings. The second-order valence-corrected chi connectivity index (χ2v) is 9.28. The Morgan fingerprint density at radius 3 is 2.80 bits per heavy atom. The third kappa shape index (κ3) is 2.98. The van der Waals surface area contributed by atoms with Crippen molar-refractivity contribution in [3.63, 3.8) is 0 Å². The summed E-state index contributed by atoms with van der Waals surface area (Å²) in [5, 5.41) is 12.7. The van der Waals surface area contributed by atoms with Crippen molar-refractivity contribution in [3.05, 3.63) is 61.6 Å². The molecule has 0 saturated heterocycles. The molecule has 3 aromatic heterocycles. The molecule has 3 aromatic rings. The van der Waals surface area contributed by atoms with Crippen LogP contribution in [-0.2, 0) is 6.42 Å². The van der Waals surface area contributed by atoms with E-state index in [-0.39, 0.29) is 17.5 Å². The van der Waals surface area contributed by atoms with Gasteiger partial charge in [0.1, 0.15) is 11.4 Å². The molecular weight excluding hydrogens is 405 g/mol. The summed E-state index contributed by atoms with van der Waals surface area (Å²) in [6, 6.07) is 3.32. The summed E-state index contributed by atoms with van der Waals surface area (Å²) in [5.41, 5.74) is 8.88. The van der Waals surface area contributed by atoms with Gasteiger partial charge in [0.05, 0.1) is 5.52 Å². The predicted molar refractivity (Wildman–Crippen MR) is 114 cm³/mol. The molecule has 4 heterocycles. The minimum Gasteiger partial charge on any atom is -0.477 e. The quantitative estimate of drug-likeness (QED) is 0.597. The lowest BCUT2D eigenvalue weighted by Gasteiger charge is -2.15. The smallest absolute Gasteiger partial charge is 0.341 e. The van der Waals surface area contributed by atoms with Gasteiger partial charge in [-0.05, 0) is 60.9 Å². The fourth-order valence-corrected chi connectivity index (χ4v) is 5.79. The van der Waals surface area contributed by atoms with Crippen LogP contribution in [0.4, 0.5) is 4.39 Å². The number of nitrogens with one attached hydrogen (secondary N) is 1. The summed E-state index contributed by atoms with van der Waals surface area (Å²) in [5.74, 6) is -1.62. The predicted octanol–water partition coefficient (Wildman–Crippen LogP) is 3.20. The molecular formula is C22H22FN3O3S. The van der Waals surface area contributed by atoms with Crippen molar-refractivity contribution >= 4 is 22.8 Å². The molecule has 0 aromatic carbocycles. The Morgan fingerprint density at radius 1 is 1.33 bits per heavy atom. The molecule has 0 spiro atoms. The molecule has 5 rings (SSSR count). The maximum absolute atomic E-state index is 15.3. The number of aromatic carboxylic acids is 1. The molecule has 0 amide bonds. The minimum atomic E-state index is -1.29. The van der Waals surface area contributed by atoms with Gasteiger partial charge in [0.25, 0.3) is 5.56 Å². The number of nitrogens with zero attached hydrogens (tertiary/aromatic N) is 1. The van der Waals surface area contributed by atoms with Crippen molar-refractivity contribution in [2.45, 2.75) is 38.1 Å². The van der Waals surface area contributed by atoms with Gasteiger partial charge in [-0.3, -0.25) is 9.20 Å². The Bertz CT molecular complexity index is 1260. The highest BCUT2D eigenvalue weighted by molar-refractivity contribution is 7.15. The third-order valence-corrected chi connectivity index (χ3v) is 7.33. The second-order valence-electron chi connectivity index (χ2n) is 8.14. The first kappa shape index (κ1) is 19.4. The van der Waals surface area contributed by atoms with E-state index in [9.17, 15) is 14.7 Å². The number of hydrogen-bond acceptors (Lipinski definition) is 5. The monoisotopic (exact) mass is 427 g/mol. The zero-order valence-electron chi connectivity index (χ0n) is 16.5. The lowest BCUT2D eigenvalue weighted by atomic mass is 9.98. The summed E-state index contributed by atoms with van der Waals surface area (Å²) in [6.07, 6.45) is 3.86. The molecule has 1 aliphatic carbocycles. The Morgan fingerprint density at radius 2 is 2.10 bits per heavy atom. The second kappa shape index (κ2) is 7.01. The van der Waals surface area contributed by atoms with Crippen LogP contribution in [0, 0.1) is 12.7 Å². The van der Waals surface area contributed by atoms with E-state index in [2.05, 4.69) is 5.32 Å². The molecule has 0 bridgehead atoms. The van der Waals surface area contributed by atoms with Gasteiger partial charge in [-0.25, -0.2) is 9.18 Å². The van der Waals surface area contributed by atoms with Crippen molar-refractivity contribution < 1.29 is 14.3 Å². The van der Waals surface area contributed by atoms with E-state index in [1.807, 2.05) is 13.0 Å². The fourth-order valence-electron chi connectivity index (χ4n) is 4.46. The van der Waals surface area contributed by atoms with E-state index in [4.69, 9.17) is 5.73 Å². The maximum Gasteiger partial charge on any atom is 0.341 e. The molecule has 156 valence electrons. The SMILES string of the molecule is Cc1c(-c2cc3c(s2)CCNCC3N)c(F)cn2c(=O)c(C(=O)O)cc(C3CC3)c12. The summed E-state index contributed by atoms with van der Waals surface area (Å²) in [6.45, 7) is 3.33. The van der Waals surface area contributed by atoms with Gasteiger partial charge in [0, 0.05) is 40.6 Å². The maximum atomic E-state index is 15.3. The van der Waals surface area contributed by atoms with Gasteiger partial charge >= 0.3 is 5.97 Å². The molecule has 1 atom stereocenters. The van der Waals surface area contributed by atoms with E-state index in [1.54, 1.807) is 11.3 Å². The number of aryl methyl sites for hydroxylation is 1. The number of pyridine rings is 2. The van der Waals surface area contributed by atoms with Gasteiger partial charge < -0.3 is 16.2 Å². The number of carbonyl (C=O) groups is 1. The summed E-state index contributed by atoms with van der Waals surface area (Å²) < 4.78 is 16.5. The van der Waals surface area contributed by atoms with Crippen LogP contribution in [0.5, 0.6) is 0 Å². The summed E-state index contributed by atoms with van der Waals surface area (Å²) in [7, 11) is 0. The first-order chi connectivity index (χ1) is 14.4. The van der Waals surface area contributed by atoms with E-state index < -0.39 is 17.3 Å². The minimum absolute atomic E-state index is 0.140. The third-order valence-electron chi connectivity index (χ3n) is 6.10. The van der Waals surface area contributed by atoms with Gasteiger partial charge in [-0.1, -0.05) is 0 Å². The number of fused-ring (bicyclic) bond motifs is 2. The number of hydrogen-bond donors (Lipinski definition) is 3. The molecule has 1 unspecified atom stereocenters. The summed E-state index contributed by atoms with van der Waals surface area (Å²) in [4.78, 5) is 26.3. The van der Waals surface area contributed by atoms with Crippen molar-refractivity contribution in [2.75, 3.05) is 13.1 Å². The van der Waals surface area contributed by atoms with Gasteiger partial charge in [0.2, 0.25) is 0 Å². The highest BCUT2D eigenvalue weighted by atomic mass is 32.1. The van der Waals surface area contributed by atoms with Crippen molar-refractivity contribution in [1.82, 2.24) is 9.72 Å². The van der Waals surface area contributed by atoms with E-state index >= 15 is 4.39 Å². The van der Waals surface area contributed by atoms with Crippen LogP contribution in [0.3, 0.4) is 0 Å². The largest absolute Gasteiger partial charge is 0.477 e. The van der Waals surface area contributed by atoms with Crippen LogP contribution in [-0.4, -0.2) is 28.6 Å². The number of carboxylic acids is 1. The van der Waals surface area contributed by atoms with Gasteiger partial charge in [-0.2, -0.15) is 0 Å². The molecule has 6 nitrogen and oxygen atoms in total. The van der Waals surface area contributed by atoms with Crippen LogP contribution in [0.15, 0.2) is 23.1 Å². The van der Waals surface area contributed by atoms with Crippen molar-refractivity contribution in [3.8, 4) is 10.4 Å². The van der Waals surface area contributed by atoms with E-state index in [0.29, 0.717) is 23.2 Å². The van der Waals surface area contributed by atoms with E-state index in [0.717, 1.165) is 52.9 Å². The van der Waals surface area contributed by atoms with Gasteiger partial charge in [-0.15, -0.1) is 11.3 Å². The lowest BCUT2D eigenvalue weighted by Crippen LogP contribution is -2.25. The molecule has 0 radical (unpaired) electrons. The Balaban J connectivity index is 1.78. The highest BCUT2D eigenvalue weighted by Crippen LogP contribution is 2.45. The number of carboxylic acid groups (broad SMARTS) is 1. The molecule has 1 saturated carbocycles. The van der Waals surface area contributed by atoms with Crippen LogP contribution in [0.2, 0.25) is 0 Å². The van der Waals surface area contributed by atoms with Crippen LogP contribution >= 0.6 is 11.3 Å². The standard InChI is InChI=1S/C22H22FN3O3S/c1-10-19(18-7-13-16(24)8-25-5-4-17(13)30-18)15(23)9-26-20(10)12(11-2-3-11)6-14(21(26)27)22(28)29/h6-7,9,11,16,25H,2-5,8,24H2,1H3,(H,28,29). The average Bonchev–Trinajstić information content (AvgIpc) is 3.48. The normalized spacial score (nSPS) is 19.0. The Hall–Kier alpha value is -2.55. The number of rotatable bonds is 3. The topological polar surface area (TPSA) is 96.8 Å². The number of aromatic nitrogens is 1. The zero-order chi connectivity index (χ0) is 21.2. The van der Waals surface area contributed by atoms with Crippen LogP contribution < -0.4 is 16.6 Å². The molecule has 30 heavy (non-hydrogen) atoms. The molecule has 1 aliphatic heterocycles. The highest BCUT2D eigenvalue weighted by Gasteiger charge is 2.30. The fraction of sp³-hybridized carbons (Fsp3) is 0.364. The number of halogens is 1.